The molecule has 0 amide bonds. The minimum Gasteiger partial charge on any atom is -0.455 e. The molecule has 0 heterocycles. The van der Waals surface area contributed by atoms with Gasteiger partial charge in [-0.05, 0) is 0 Å². The monoisotopic (exact) mass is 510 g/mol. The third-order valence-corrected chi connectivity index (χ3v) is 3.30. The molecule has 0 fully saturated rings. The Labute approximate surface area is 157 Å². The first-order valence-corrected chi connectivity index (χ1v) is 6.65. The lowest BCUT2D eigenvalue weighted by Crippen LogP contribution is -2.74. The highest BCUT2D eigenvalue weighted by Crippen LogP contribution is 2.62. The van der Waals surface area contributed by atoms with Crippen LogP contribution in [0.25, 0.3) is 0 Å². The van der Waals surface area contributed by atoms with Crippen molar-refractivity contribution in [3.63, 3.8) is 0 Å². The number of hydrogen-bond acceptors (Lipinski definition) is 2. The van der Waals surface area contributed by atoms with Gasteiger partial charge in [-0.15, -0.1) is 0 Å². The van der Waals surface area contributed by atoms with Gasteiger partial charge < -0.3 is 4.74 Å². The minimum absolute atomic E-state index is 2.65. The molecule has 20 heteroatoms. The number of alkyl halides is 18. The molecule has 0 aliphatic carbocycles. The number of rotatable bonds is 10. The normalized spacial score (nSPS) is 15.6. The molecule has 0 aromatic carbocycles. The molecular weight excluding hydrogens is 506 g/mol. The number of hydrogen-bond donors (Lipinski definition) is 0. The highest BCUT2D eigenvalue weighted by molar-refractivity contribution is 5.72. The Morgan fingerprint density at radius 3 is 1.23 bits per heavy atom. The zero-order chi connectivity index (χ0) is 25.6. The van der Waals surface area contributed by atoms with Crippen LogP contribution in [-0.4, -0.2) is 66.9 Å². The molecule has 0 unspecified atom stereocenters. The summed E-state index contributed by atoms with van der Waals surface area (Å²) in [5, 5.41) is 0. The molecule has 0 aliphatic heterocycles. The van der Waals surface area contributed by atoms with E-state index in [9.17, 15) is 83.8 Å². The van der Waals surface area contributed by atoms with Gasteiger partial charge >= 0.3 is 60.3 Å². The van der Waals surface area contributed by atoms with Crippen molar-refractivity contribution in [1.82, 2.24) is 0 Å². The molecule has 31 heavy (non-hydrogen) atoms. The number of esters is 1. The van der Waals surface area contributed by atoms with Crippen LogP contribution in [0.2, 0.25) is 0 Å². The fraction of sp³-hybridized carbons (Fsp3) is 0.909. The van der Waals surface area contributed by atoms with Crippen LogP contribution < -0.4 is 0 Å². The summed E-state index contributed by atoms with van der Waals surface area (Å²) >= 11 is 0. The van der Waals surface area contributed by atoms with E-state index in [2.05, 4.69) is 4.74 Å². The molecule has 0 radical (unpaired) electrons. The van der Waals surface area contributed by atoms with Crippen LogP contribution in [0.1, 0.15) is 0 Å². The van der Waals surface area contributed by atoms with Crippen molar-refractivity contribution >= 4 is 5.97 Å². The zero-order valence-corrected chi connectivity index (χ0v) is 13.5. The summed E-state index contributed by atoms with van der Waals surface area (Å²) in [7, 11) is 0. The van der Waals surface area contributed by atoms with Crippen molar-refractivity contribution in [2.75, 3.05) is 6.61 Å². The molecule has 0 saturated heterocycles. The third-order valence-electron chi connectivity index (χ3n) is 3.30. The standard InChI is InChI=1S/C11H4F18O2/c12-2(13)3(30)31-1-5(16,17)7(20,21)9(24,25)11(28,29)10(26,27)8(22,23)6(18,19)4(14)15/h2,4H,1H2. The second-order valence-corrected chi connectivity index (χ2v) is 5.41. The van der Waals surface area contributed by atoms with Crippen molar-refractivity contribution < 1.29 is 88.6 Å². The highest BCUT2D eigenvalue weighted by atomic mass is 19.4. The molecule has 0 atom stereocenters. The molecule has 0 aromatic heterocycles. The number of carbonyl (C=O) groups excluding carboxylic acids is 1. The van der Waals surface area contributed by atoms with E-state index < -0.39 is 66.9 Å². The summed E-state index contributed by atoms with van der Waals surface area (Å²) in [4.78, 5) is 10.2. The van der Waals surface area contributed by atoms with E-state index in [0.717, 1.165) is 0 Å². The smallest absolute Gasteiger partial charge is 0.385 e. The Kier molecular flexibility index (Phi) is 7.50. The van der Waals surface area contributed by atoms with Gasteiger partial charge in [0.15, 0.2) is 6.61 Å². The van der Waals surface area contributed by atoms with Crippen molar-refractivity contribution in [3.8, 4) is 0 Å². The predicted octanol–water partition coefficient (Wildman–Crippen LogP) is 5.51. The summed E-state index contributed by atoms with van der Waals surface area (Å²) < 4.78 is 232. The molecule has 2 nitrogen and oxygen atoms in total. The number of ether oxygens (including phenoxy) is 1. The van der Waals surface area contributed by atoms with Gasteiger partial charge in [0.2, 0.25) is 0 Å². The molecule has 0 bridgehead atoms. The van der Waals surface area contributed by atoms with E-state index in [1.807, 2.05) is 0 Å². The number of carbonyl (C=O) groups is 1. The van der Waals surface area contributed by atoms with E-state index in [1.165, 1.54) is 0 Å². The fourth-order valence-electron chi connectivity index (χ4n) is 1.48. The van der Waals surface area contributed by atoms with Gasteiger partial charge in [0.05, 0.1) is 0 Å². The van der Waals surface area contributed by atoms with E-state index in [4.69, 9.17) is 0 Å². The van der Waals surface area contributed by atoms with Crippen molar-refractivity contribution in [2.45, 2.75) is 54.3 Å². The lowest BCUT2D eigenvalue weighted by Gasteiger charge is -2.42. The summed E-state index contributed by atoms with van der Waals surface area (Å²) in [6.07, 6.45) is -10.3. The molecule has 0 aromatic rings. The summed E-state index contributed by atoms with van der Waals surface area (Å²) in [5.41, 5.74) is 0. The van der Waals surface area contributed by atoms with Gasteiger partial charge in [-0.25, -0.2) is 13.6 Å². The van der Waals surface area contributed by atoms with E-state index in [0.29, 0.717) is 0 Å². The highest BCUT2D eigenvalue weighted by Gasteiger charge is 2.93. The van der Waals surface area contributed by atoms with Gasteiger partial charge in [0.1, 0.15) is 0 Å². The van der Waals surface area contributed by atoms with Crippen LogP contribution in [0.15, 0.2) is 0 Å². The Bertz CT molecular complexity index is 653. The Morgan fingerprint density at radius 2 is 0.903 bits per heavy atom. The largest absolute Gasteiger partial charge is 0.455 e. The van der Waals surface area contributed by atoms with Crippen LogP contribution >= 0.6 is 0 Å². The quantitative estimate of drug-likeness (QED) is 0.287. The van der Waals surface area contributed by atoms with Crippen molar-refractivity contribution in [3.05, 3.63) is 0 Å². The first-order chi connectivity index (χ1) is 13.3. The lowest BCUT2D eigenvalue weighted by atomic mass is 9.89. The Hall–Kier alpha value is -1.79. The second kappa shape index (κ2) is 7.96. The fourth-order valence-corrected chi connectivity index (χ4v) is 1.48. The first-order valence-electron chi connectivity index (χ1n) is 6.65. The molecular formula is C11H4F18O2. The van der Waals surface area contributed by atoms with E-state index in [1.54, 1.807) is 0 Å². The van der Waals surface area contributed by atoms with Gasteiger partial charge in [0, 0.05) is 0 Å². The van der Waals surface area contributed by atoms with Crippen LogP contribution in [0.4, 0.5) is 79.0 Å². The summed E-state index contributed by atoms with van der Waals surface area (Å²) in [5.74, 6) is -59.5. The third kappa shape index (κ3) is 4.17. The van der Waals surface area contributed by atoms with E-state index >= 15 is 0 Å². The second-order valence-electron chi connectivity index (χ2n) is 5.41. The van der Waals surface area contributed by atoms with Crippen LogP contribution in [-0.2, 0) is 9.53 Å². The first kappa shape index (κ1) is 29.2. The maximum Gasteiger partial charge on any atom is 0.385 e. The van der Waals surface area contributed by atoms with Crippen molar-refractivity contribution in [2.24, 2.45) is 0 Å². The molecule has 186 valence electrons. The molecule has 0 rings (SSSR count). The summed E-state index contributed by atoms with van der Waals surface area (Å²) in [6, 6.07) is 0. The van der Waals surface area contributed by atoms with Gasteiger partial charge in [-0.2, -0.15) is 70.2 Å². The Balaban J connectivity index is 6.40. The topological polar surface area (TPSA) is 26.3 Å². The molecule has 0 saturated carbocycles. The lowest BCUT2D eigenvalue weighted by molar-refractivity contribution is -0.447. The minimum atomic E-state index is -8.61. The van der Waals surface area contributed by atoms with Crippen LogP contribution in [0.5, 0.6) is 0 Å². The average Bonchev–Trinajstić information content (AvgIpc) is 2.58. The van der Waals surface area contributed by atoms with Gasteiger partial charge in [0.25, 0.3) is 0 Å². The van der Waals surface area contributed by atoms with Gasteiger partial charge in [-0.1, -0.05) is 0 Å². The molecule has 0 N–H and O–H groups in total. The summed E-state index contributed by atoms with van der Waals surface area (Å²) in [6.45, 7) is -3.63. The maximum absolute atomic E-state index is 13.3. The molecule has 0 aliphatic rings. The average molecular weight is 510 g/mol. The van der Waals surface area contributed by atoms with Gasteiger partial charge in [-0.3, -0.25) is 0 Å². The number of halogens is 18. The van der Waals surface area contributed by atoms with Crippen LogP contribution in [0, 0.1) is 0 Å². The maximum atomic E-state index is 13.3. The zero-order valence-electron chi connectivity index (χ0n) is 13.5. The molecule has 0 spiro atoms. The SMILES string of the molecule is O=C(OCC(F)(F)C(F)(F)C(F)(F)C(F)(F)C(F)(F)C(F)(F)C(F)(F)C(F)F)C(F)F. The van der Waals surface area contributed by atoms with Crippen LogP contribution in [0.3, 0.4) is 0 Å². The predicted molar refractivity (Wildman–Crippen MR) is 57.6 cm³/mol. The van der Waals surface area contributed by atoms with Crippen molar-refractivity contribution in [1.29, 1.82) is 0 Å². The Morgan fingerprint density at radius 1 is 0.581 bits per heavy atom. The van der Waals surface area contributed by atoms with E-state index in [-0.39, 0.29) is 0 Å².